The van der Waals surface area contributed by atoms with Crippen LogP contribution in [-0.4, -0.2) is 18.5 Å². The Kier molecular flexibility index (Phi) is 4.93. The molecule has 0 saturated carbocycles. The summed E-state index contributed by atoms with van der Waals surface area (Å²) in [5.41, 5.74) is 7.43. The van der Waals surface area contributed by atoms with E-state index < -0.39 is 11.9 Å². The molecular weight excluding hydrogens is 266 g/mol. The number of anilines is 1. The lowest BCUT2D eigenvalue weighted by molar-refractivity contribution is 0.0965. The maximum atomic E-state index is 11.9. The van der Waals surface area contributed by atoms with Gasteiger partial charge in [0.15, 0.2) is 0 Å². The standard InChI is InChI=1S/C16H17N3O2/c17-14-9-5-4-8-13(14)15(20)19-16(21)18-11-10-12-6-2-1-3-7-12/h1-9H,10-11,17H2,(H2,18,19,20,21). The van der Waals surface area contributed by atoms with Gasteiger partial charge in [-0.25, -0.2) is 4.79 Å². The van der Waals surface area contributed by atoms with Crippen molar-refractivity contribution in [3.8, 4) is 0 Å². The van der Waals surface area contributed by atoms with Crippen molar-refractivity contribution in [2.45, 2.75) is 6.42 Å². The molecule has 0 aliphatic heterocycles. The number of urea groups is 1. The third-order valence-corrected chi connectivity index (χ3v) is 2.97. The third-order valence-electron chi connectivity index (χ3n) is 2.97. The molecule has 5 heteroatoms. The van der Waals surface area contributed by atoms with Crippen LogP contribution in [0.15, 0.2) is 54.6 Å². The number of nitrogens with one attached hydrogen (secondary N) is 2. The Morgan fingerprint density at radius 2 is 1.62 bits per heavy atom. The fourth-order valence-corrected chi connectivity index (χ4v) is 1.88. The first kappa shape index (κ1) is 14.6. The zero-order valence-electron chi connectivity index (χ0n) is 11.5. The minimum Gasteiger partial charge on any atom is -0.398 e. The number of nitrogen functional groups attached to an aromatic ring is 1. The van der Waals surface area contributed by atoms with Crippen molar-refractivity contribution < 1.29 is 9.59 Å². The van der Waals surface area contributed by atoms with Gasteiger partial charge in [0, 0.05) is 12.2 Å². The number of para-hydroxylation sites is 1. The van der Waals surface area contributed by atoms with Gasteiger partial charge in [-0.3, -0.25) is 10.1 Å². The molecule has 0 heterocycles. The van der Waals surface area contributed by atoms with Gasteiger partial charge < -0.3 is 11.1 Å². The number of carbonyl (C=O) groups is 2. The van der Waals surface area contributed by atoms with Crippen molar-refractivity contribution in [1.29, 1.82) is 0 Å². The molecule has 0 atom stereocenters. The van der Waals surface area contributed by atoms with E-state index in [9.17, 15) is 9.59 Å². The van der Waals surface area contributed by atoms with Gasteiger partial charge in [-0.2, -0.15) is 0 Å². The molecule has 3 amide bonds. The minimum atomic E-state index is -0.529. The number of hydrogen-bond acceptors (Lipinski definition) is 3. The van der Waals surface area contributed by atoms with Crippen LogP contribution in [0.1, 0.15) is 15.9 Å². The van der Waals surface area contributed by atoms with E-state index in [1.165, 1.54) is 0 Å². The average molecular weight is 283 g/mol. The molecule has 2 rings (SSSR count). The molecule has 0 bridgehead atoms. The summed E-state index contributed by atoms with van der Waals surface area (Å²) in [6.45, 7) is 0.452. The molecule has 108 valence electrons. The minimum absolute atomic E-state index is 0.288. The Labute approximate surface area is 123 Å². The van der Waals surface area contributed by atoms with E-state index in [1.807, 2.05) is 30.3 Å². The highest BCUT2D eigenvalue weighted by Gasteiger charge is 2.11. The van der Waals surface area contributed by atoms with Crippen LogP contribution in [0.4, 0.5) is 10.5 Å². The molecule has 5 nitrogen and oxygen atoms in total. The highest BCUT2D eigenvalue weighted by atomic mass is 16.2. The van der Waals surface area contributed by atoms with Crippen LogP contribution in [0.25, 0.3) is 0 Å². The summed E-state index contributed by atoms with van der Waals surface area (Å²) < 4.78 is 0. The molecule has 0 fully saturated rings. The Morgan fingerprint density at radius 3 is 2.33 bits per heavy atom. The largest absolute Gasteiger partial charge is 0.398 e. The maximum absolute atomic E-state index is 11.9. The van der Waals surface area contributed by atoms with E-state index in [1.54, 1.807) is 24.3 Å². The molecule has 0 saturated heterocycles. The number of benzene rings is 2. The van der Waals surface area contributed by atoms with Crippen LogP contribution >= 0.6 is 0 Å². The molecule has 0 aliphatic rings. The highest BCUT2D eigenvalue weighted by Crippen LogP contribution is 2.09. The summed E-state index contributed by atoms with van der Waals surface area (Å²) in [6, 6.07) is 15.9. The van der Waals surface area contributed by atoms with E-state index in [4.69, 9.17) is 5.73 Å². The zero-order chi connectivity index (χ0) is 15.1. The second kappa shape index (κ2) is 7.09. The molecule has 4 N–H and O–H groups in total. The van der Waals surface area contributed by atoms with Crippen molar-refractivity contribution >= 4 is 17.6 Å². The summed E-state index contributed by atoms with van der Waals surface area (Å²) >= 11 is 0. The van der Waals surface area contributed by atoms with Crippen molar-refractivity contribution in [2.75, 3.05) is 12.3 Å². The maximum Gasteiger partial charge on any atom is 0.321 e. The predicted octanol–water partition coefficient (Wildman–Crippen LogP) is 1.95. The number of nitrogens with two attached hydrogens (primary N) is 1. The molecule has 0 aromatic heterocycles. The Hall–Kier alpha value is -2.82. The third kappa shape index (κ3) is 4.35. The Balaban J connectivity index is 1.80. The van der Waals surface area contributed by atoms with Crippen LogP contribution in [-0.2, 0) is 6.42 Å². The summed E-state index contributed by atoms with van der Waals surface area (Å²) in [7, 11) is 0. The smallest absolute Gasteiger partial charge is 0.321 e. The van der Waals surface area contributed by atoms with Gasteiger partial charge in [-0.1, -0.05) is 42.5 Å². The average Bonchev–Trinajstić information content (AvgIpc) is 2.48. The van der Waals surface area contributed by atoms with Crippen molar-refractivity contribution in [3.63, 3.8) is 0 Å². The number of imide groups is 1. The van der Waals surface area contributed by atoms with E-state index in [2.05, 4.69) is 10.6 Å². The molecule has 0 unspecified atom stereocenters. The summed E-state index contributed by atoms with van der Waals surface area (Å²) in [5.74, 6) is -0.509. The fraction of sp³-hybridized carbons (Fsp3) is 0.125. The van der Waals surface area contributed by atoms with E-state index in [0.29, 0.717) is 18.7 Å². The van der Waals surface area contributed by atoms with E-state index in [0.717, 1.165) is 5.56 Å². The van der Waals surface area contributed by atoms with E-state index >= 15 is 0 Å². The van der Waals surface area contributed by atoms with Crippen LogP contribution in [0.2, 0.25) is 0 Å². The first-order valence-corrected chi connectivity index (χ1v) is 6.64. The molecular formula is C16H17N3O2. The van der Waals surface area contributed by atoms with Crippen LogP contribution < -0.4 is 16.4 Å². The number of rotatable bonds is 4. The monoisotopic (exact) mass is 283 g/mol. The van der Waals surface area contributed by atoms with Gasteiger partial charge >= 0.3 is 6.03 Å². The summed E-state index contributed by atoms with van der Waals surface area (Å²) in [4.78, 5) is 23.5. The van der Waals surface area contributed by atoms with Gasteiger partial charge in [-0.15, -0.1) is 0 Å². The normalized spacial score (nSPS) is 9.90. The molecule has 0 radical (unpaired) electrons. The quantitative estimate of drug-likeness (QED) is 0.750. The fourth-order valence-electron chi connectivity index (χ4n) is 1.88. The molecule has 0 aliphatic carbocycles. The second-order valence-corrected chi connectivity index (χ2v) is 4.53. The zero-order valence-corrected chi connectivity index (χ0v) is 11.5. The van der Waals surface area contributed by atoms with Gasteiger partial charge in [0.25, 0.3) is 5.91 Å². The lowest BCUT2D eigenvalue weighted by Gasteiger charge is -2.08. The molecule has 0 spiro atoms. The summed E-state index contributed by atoms with van der Waals surface area (Å²) in [5, 5.41) is 4.89. The SMILES string of the molecule is Nc1ccccc1C(=O)NC(=O)NCCc1ccccc1. The first-order valence-electron chi connectivity index (χ1n) is 6.64. The van der Waals surface area contributed by atoms with E-state index in [-0.39, 0.29) is 5.56 Å². The number of amides is 3. The lowest BCUT2D eigenvalue weighted by Crippen LogP contribution is -2.40. The molecule has 2 aromatic carbocycles. The number of carbonyl (C=O) groups excluding carboxylic acids is 2. The lowest BCUT2D eigenvalue weighted by atomic mass is 10.1. The van der Waals surface area contributed by atoms with Crippen LogP contribution in [0.3, 0.4) is 0 Å². The van der Waals surface area contributed by atoms with Gasteiger partial charge in [0.2, 0.25) is 0 Å². The highest BCUT2D eigenvalue weighted by molar-refractivity contribution is 6.07. The number of hydrogen-bond donors (Lipinski definition) is 3. The topological polar surface area (TPSA) is 84.2 Å². The van der Waals surface area contributed by atoms with Gasteiger partial charge in [-0.05, 0) is 24.1 Å². The summed E-state index contributed by atoms with van der Waals surface area (Å²) in [6.07, 6.45) is 0.704. The first-order chi connectivity index (χ1) is 10.2. The second-order valence-electron chi connectivity index (χ2n) is 4.53. The predicted molar refractivity (Wildman–Crippen MR) is 81.9 cm³/mol. The molecule has 21 heavy (non-hydrogen) atoms. The van der Waals surface area contributed by atoms with Gasteiger partial charge in [0.05, 0.1) is 5.56 Å². The van der Waals surface area contributed by atoms with Gasteiger partial charge in [0.1, 0.15) is 0 Å². The van der Waals surface area contributed by atoms with Crippen LogP contribution in [0.5, 0.6) is 0 Å². The van der Waals surface area contributed by atoms with Crippen molar-refractivity contribution in [3.05, 3.63) is 65.7 Å². The Morgan fingerprint density at radius 1 is 0.952 bits per heavy atom. The van der Waals surface area contributed by atoms with Crippen molar-refractivity contribution in [1.82, 2.24) is 10.6 Å². The van der Waals surface area contributed by atoms with Crippen molar-refractivity contribution in [2.24, 2.45) is 0 Å². The Bertz CT molecular complexity index is 626. The molecule has 2 aromatic rings. The van der Waals surface area contributed by atoms with Crippen LogP contribution in [0, 0.1) is 0 Å².